The Balaban J connectivity index is 0. The molecule has 0 unspecified atom stereocenters. The van der Waals surface area contributed by atoms with Gasteiger partial charge in [-0.1, -0.05) is 0 Å². The van der Waals surface area contributed by atoms with Crippen molar-refractivity contribution >= 4 is 0 Å². The van der Waals surface area contributed by atoms with Gasteiger partial charge in [0.1, 0.15) is 0 Å². The zero-order chi connectivity index (χ0) is 0. The fourth-order valence-electron chi connectivity index (χ4n) is 0. The first-order valence-corrected chi connectivity index (χ1v) is 0. The largest absolute Gasteiger partial charge is 1.00 e. The van der Waals surface area contributed by atoms with Crippen molar-refractivity contribution in [1.82, 2.24) is 0 Å². The van der Waals surface area contributed by atoms with E-state index in [2.05, 4.69) is 0 Å². The van der Waals surface area contributed by atoms with Crippen LogP contribution in [0.5, 0.6) is 0 Å². The summed E-state index contributed by atoms with van der Waals surface area (Å²) in [7, 11) is 0. The van der Waals surface area contributed by atoms with E-state index in [0.717, 1.165) is 0 Å². The maximum Gasteiger partial charge on any atom is 1.00 e. The Labute approximate surface area is 131 Å². The molecule has 0 radical (unpaired) electrons. The van der Waals surface area contributed by atoms with Crippen LogP contribution in [-0.2, 0) is 111 Å². The van der Waals surface area contributed by atoms with E-state index in [0.29, 0.717) is 0 Å². The fraction of sp³-hybridized carbons (Fsp3) is 0. The molecule has 0 bridgehead atoms. The molecular weight excluding hydrogens is 543 g/mol. The average molecular weight is 547 g/mol. The van der Waals surface area contributed by atoms with Crippen molar-refractivity contribution in [2.75, 3.05) is 0 Å². The smallest absolute Gasteiger partial charge is 0.870 e. The van der Waals surface area contributed by atoms with Gasteiger partial charge in [-0.2, -0.15) is 0 Å². The van der Waals surface area contributed by atoms with E-state index in [4.69, 9.17) is 0 Å². The van der Waals surface area contributed by atoms with E-state index in [1.54, 1.807) is 0 Å². The summed E-state index contributed by atoms with van der Waals surface area (Å²) in [6, 6.07) is 0. The quantitative estimate of drug-likeness (QED) is 0.372. The summed E-state index contributed by atoms with van der Waals surface area (Å²) in [5.41, 5.74) is 0. The number of hydrogen-bond acceptors (Lipinski definition) is 4. The minimum absolute atomic E-state index is 0. The van der Waals surface area contributed by atoms with Gasteiger partial charge in [0, 0.05) is 21.7 Å². The van der Waals surface area contributed by atoms with Crippen molar-refractivity contribution in [3.8, 4) is 0 Å². The SMILES string of the molecule is [Ag+].[Ag+].[Ag+].[Ag+].[OH-].[OH-].[OH-].[OH-].[Ti]. The predicted octanol–water partition coefficient (Wildman–Crippen LogP) is -0.720. The zero-order valence-electron chi connectivity index (χ0n) is 3.49. The van der Waals surface area contributed by atoms with E-state index in [1.807, 2.05) is 0 Å². The molecule has 4 N–H and O–H groups in total. The molecule has 0 atom stereocenters. The van der Waals surface area contributed by atoms with Gasteiger partial charge < -0.3 is 21.9 Å². The minimum Gasteiger partial charge on any atom is -0.870 e. The van der Waals surface area contributed by atoms with Crippen LogP contribution in [0, 0.1) is 0 Å². The Morgan fingerprint density at radius 2 is 0.333 bits per heavy atom. The van der Waals surface area contributed by atoms with Crippen LogP contribution < -0.4 is 0 Å². The maximum atomic E-state index is 0. The summed E-state index contributed by atoms with van der Waals surface area (Å²) in [5.74, 6) is 0. The second kappa shape index (κ2) is 103. The van der Waals surface area contributed by atoms with Crippen LogP contribution in [0.2, 0.25) is 0 Å². The predicted molar refractivity (Wildman–Crippen MR) is 7.74 cm³/mol. The first-order valence-electron chi connectivity index (χ1n) is 0. The molecule has 9 heteroatoms. The molecule has 0 amide bonds. The van der Waals surface area contributed by atoms with Crippen LogP contribution in [-0.4, -0.2) is 21.9 Å². The summed E-state index contributed by atoms with van der Waals surface area (Å²) in [4.78, 5) is 0. The topological polar surface area (TPSA) is 120 Å². The van der Waals surface area contributed by atoms with E-state index >= 15 is 0 Å². The van der Waals surface area contributed by atoms with Gasteiger partial charge in [0.2, 0.25) is 0 Å². The standard InChI is InChI=1S/4Ag.4H2O.Ti/h;;;;4*1H2;/q4*+1;;;;;/p-4. The molecule has 4 nitrogen and oxygen atoms in total. The van der Waals surface area contributed by atoms with Crippen molar-refractivity contribution in [2.24, 2.45) is 0 Å². The first-order chi connectivity index (χ1) is 0. The summed E-state index contributed by atoms with van der Waals surface area (Å²) in [6.45, 7) is 0. The molecule has 0 aromatic rings. The van der Waals surface area contributed by atoms with Crippen molar-refractivity contribution in [3.63, 3.8) is 0 Å². The summed E-state index contributed by atoms with van der Waals surface area (Å²) in [6.07, 6.45) is 0. The molecule has 0 aromatic heterocycles. The second-order valence-corrected chi connectivity index (χ2v) is 0. The average Bonchev–Trinajstić information content (AvgIpc) is 0. The van der Waals surface area contributed by atoms with Gasteiger partial charge in [0.25, 0.3) is 0 Å². The Kier molecular flexibility index (Phi) is 1540. The van der Waals surface area contributed by atoms with Crippen LogP contribution >= 0.6 is 0 Å². The molecule has 0 aliphatic rings. The van der Waals surface area contributed by atoms with E-state index < -0.39 is 0 Å². The molecule has 9 heavy (non-hydrogen) atoms. The fourth-order valence-corrected chi connectivity index (χ4v) is 0. The molecule has 0 saturated heterocycles. The minimum atomic E-state index is 0. The van der Waals surface area contributed by atoms with Crippen LogP contribution in [0.4, 0.5) is 0 Å². The molecule has 0 aliphatic carbocycles. The van der Waals surface area contributed by atoms with Gasteiger partial charge >= 0.3 is 89.5 Å². The van der Waals surface area contributed by atoms with Crippen LogP contribution in [0.15, 0.2) is 0 Å². The molecule has 0 heterocycles. The van der Waals surface area contributed by atoms with Gasteiger partial charge in [0.15, 0.2) is 0 Å². The molecule has 76 valence electrons. The van der Waals surface area contributed by atoms with Crippen LogP contribution in [0.25, 0.3) is 0 Å². The molecule has 0 saturated carbocycles. The Bertz CT molecular complexity index is 12.5. The van der Waals surface area contributed by atoms with Gasteiger partial charge in [-0.3, -0.25) is 0 Å². The molecule has 0 rings (SSSR count). The number of rotatable bonds is 0. The van der Waals surface area contributed by atoms with E-state index in [1.165, 1.54) is 0 Å². The van der Waals surface area contributed by atoms with Gasteiger partial charge in [-0.15, -0.1) is 0 Å². The summed E-state index contributed by atoms with van der Waals surface area (Å²) in [5, 5.41) is 0. The molecule has 0 spiro atoms. The van der Waals surface area contributed by atoms with Crippen molar-refractivity contribution in [1.29, 1.82) is 0 Å². The van der Waals surface area contributed by atoms with E-state index in [-0.39, 0.29) is 133 Å². The third-order valence-corrected chi connectivity index (χ3v) is 0. The maximum absolute atomic E-state index is 0. The second-order valence-electron chi connectivity index (χ2n) is 0. The van der Waals surface area contributed by atoms with Crippen LogP contribution in [0.1, 0.15) is 0 Å². The van der Waals surface area contributed by atoms with Gasteiger partial charge in [-0.25, -0.2) is 0 Å². The monoisotopic (exact) mass is 544 g/mol. The van der Waals surface area contributed by atoms with Gasteiger partial charge in [0.05, 0.1) is 0 Å². The summed E-state index contributed by atoms with van der Waals surface area (Å²) < 4.78 is 0. The normalized spacial score (nSPS) is 0. The van der Waals surface area contributed by atoms with Crippen LogP contribution in [0.3, 0.4) is 0 Å². The molecule has 0 fully saturated rings. The third-order valence-electron chi connectivity index (χ3n) is 0. The first kappa shape index (κ1) is 134. The van der Waals surface area contributed by atoms with Crippen molar-refractivity contribution in [2.45, 2.75) is 0 Å². The van der Waals surface area contributed by atoms with Crippen molar-refractivity contribution < 1.29 is 133 Å². The molecular formula is H4Ag4O4Ti. The van der Waals surface area contributed by atoms with Crippen molar-refractivity contribution in [3.05, 3.63) is 0 Å². The third kappa shape index (κ3) is 84.4. The Hall–Kier alpha value is 3.52. The zero-order valence-corrected chi connectivity index (χ0v) is 11.0. The Morgan fingerprint density at radius 1 is 0.333 bits per heavy atom. The van der Waals surface area contributed by atoms with E-state index in [9.17, 15) is 0 Å². The Morgan fingerprint density at radius 3 is 0.333 bits per heavy atom. The van der Waals surface area contributed by atoms with Gasteiger partial charge in [-0.05, 0) is 0 Å². The molecule has 0 aromatic carbocycles. The molecule has 0 aliphatic heterocycles. The summed E-state index contributed by atoms with van der Waals surface area (Å²) >= 11 is 0. The number of hydrogen-bond donors (Lipinski definition) is 0.